The summed E-state index contributed by atoms with van der Waals surface area (Å²) in [5.74, 6) is 0. The van der Waals surface area contributed by atoms with Crippen LogP contribution in [-0.4, -0.2) is 45.7 Å². The molecule has 0 amide bonds. The first-order chi connectivity index (χ1) is 13.7. The van der Waals surface area contributed by atoms with Crippen LogP contribution >= 0.6 is 0 Å². The Labute approximate surface area is 174 Å². The molecule has 0 aliphatic carbocycles. The van der Waals surface area contributed by atoms with E-state index in [4.69, 9.17) is 0 Å². The molecule has 4 rings (SSSR count). The molecule has 0 unspecified atom stereocenters. The number of hydrogen-bond acceptors (Lipinski definition) is 5. The van der Waals surface area contributed by atoms with Crippen LogP contribution in [0.3, 0.4) is 0 Å². The molecule has 0 N–H and O–H groups in total. The van der Waals surface area contributed by atoms with Crippen molar-refractivity contribution in [1.82, 2.24) is 18.9 Å². The van der Waals surface area contributed by atoms with Gasteiger partial charge in [-0.25, -0.2) is 0 Å². The first-order valence-corrected chi connectivity index (χ1v) is 20.7. The number of nitrogens with zero attached hydrogens (tertiary/aromatic N) is 4. The molecule has 148 valence electrons. The third-order valence-electron chi connectivity index (χ3n) is 4.88. The van der Waals surface area contributed by atoms with Crippen molar-refractivity contribution in [3.05, 3.63) is 67.0 Å². The van der Waals surface area contributed by atoms with Gasteiger partial charge < -0.3 is 0 Å². The van der Waals surface area contributed by atoms with E-state index in [2.05, 4.69) is 29.8 Å². The Morgan fingerprint density at radius 1 is 1.03 bits per heavy atom. The Kier molecular flexibility index (Phi) is 4.98. The van der Waals surface area contributed by atoms with E-state index in [9.17, 15) is 8.42 Å². The molecular weight excluding hydrogens is 491 g/mol. The van der Waals surface area contributed by atoms with E-state index in [1.807, 2.05) is 25.1 Å². The average molecular weight is 513 g/mol. The molecule has 0 aliphatic heterocycles. The monoisotopic (exact) mass is 514 g/mol. The zero-order valence-electron chi connectivity index (χ0n) is 16.8. The van der Waals surface area contributed by atoms with E-state index in [1.54, 1.807) is 36.9 Å². The molecule has 29 heavy (non-hydrogen) atoms. The van der Waals surface area contributed by atoms with E-state index in [0.717, 1.165) is 25.7 Å². The third-order valence-corrected chi connectivity index (χ3v) is 12.9. The fourth-order valence-corrected chi connectivity index (χ4v) is 12.2. The predicted octanol–water partition coefficient (Wildman–Crippen LogP) is 3.58. The first-order valence-electron chi connectivity index (χ1n) is 9.28. The summed E-state index contributed by atoms with van der Waals surface area (Å²) >= 11 is -2.72. The van der Waals surface area contributed by atoms with Crippen LogP contribution in [0.1, 0.15) is 5.56 Å². The van der Waals surface area contributed by atoms with Gasteiger partial charge >= 0.3 is 175 Å². The Balaban J connectivity index is 2.02. The van der Waals surface area contributed by atoms with E-state index in [0.29, 0.717) is 10.5 Å². The predicted molar refractivity (Wildman–Crippen MR) is 118 cm³/mol. The number of pyridine rings is 1. The van der Waals surface area contributed by atoms with Gasteiger partial charge in [-0.15, -0.1) is 0 Å². The van der Waals surface area contributed by atoms with Crippen molar-refractivity contribution in [3.8, 4) is 11.1 Å². The topological polar surface area (TPSA) is 77.7 Å². The molecule has 4 aromatic rings. The summed E-state index contributed by atoms with van der Waals surface area (Å²) in [6, 6.07) is 9.31. The normalized spacial score (nSPS) is 12.4. The van der Waals surface area contributed by atoms with E-state index in [-0.39, 0.29) is 0 Å². The van der Waals surface area contributed by atoms with Crippen molar-refractivity contribution in [2.45, 2.75) is 26.6 Å². The molecule has 0 saturated carbocycles. The molecule has 0 bridgehead atoms. The average Bonchev–Trinajstić information content (AvgIpc) is 3.08. The first kappa shape index (κ1) is 20.0. The van der Waals surface area contributed by atoms with Crippen LogP contribution in [0.5, 0.6) is 0 Å². The fraction of sp³-hybridized carbons (Fsp3) is 0.190. The molecule has 3 aromatic heterocycles. The van der Waals surface area contributed by atoms with Crippen molar-refractivity contribution < 1.29 is 8.42 Å². The summed E-state index contributed by atoms with van der Waals surface area (Å²) in [5, 5.41) is 0.749. The second-order valence-electron chi connectivity index (χ2n) is 8.09. The standard InChI is InChI=1S/C18H13N4O2S.3CH3.Sn/c1-13-4-6-15(7-5-13)25(23,24)22-11-17(14-9-19-12-20-10-14)16-3-2-8-21-18(16)22;;;;/h2-6,8-12H,1H3;3*1H3;. The number of aryl methyl sites for hydroxylation is 1. The molecule has 0 fully saturated rings. The van der Waals surface area contributed by atoms with Crippen LogP contribution in [0.15, 0.2) is 66.3 Å². The number of rotatable bonds is 4. The Morgan fingerprint density at radius 3 is 2.45 bits per heavy atom. The minimum atomic E-state index is -3.82. The number of aromatic nitrogens is 4. The maximum atomic E-state index is 13.8. The molecule has 1 aromatic carbocycles. The van der Waals surface area contributed by atoms with Gasteiger partial charge in [0.1, 0.15) is 0 Å². The molecular formula is C21H22N4O2SSn. The van der Waals surface area contributed by atoms with Crippen LogP contribution < -0.4 is 3.58 Å². The fourth-order valence-electron chi connectivity index (χ4n) is 3.44. The number of fused-ring (bicyclic) bond motifs is 1. The second kappa shape index (κ2) is 7.21. The van der Waals surface area contributed by atoms with Gasteiger partial charge in [0.25, 0.3) is 0 Å². The van der Waals surface area contributed by atoms with Crippen LogP contribution in [0.4, 0.5) is 0 Å². The van der Waals surface area contributed by atoms with Crippen LogP contribution in [-0.2, 0) is 10.0 Å². The van der Waals surface area contributed by atoms with Crippen molar-refractivity contribution in [2.24, 2.45) is 0 Å². The van der Waals surface area contributed by atoms with E-state index >= 15 is 0 Å². The Hall–Kier alpha value is -2.26. The molecule has 0 spiro atoms. The molecule has 0 atom stereocenters. The zero-order valence-corrected chi connectivity index (χ0v) is 20.5. The number of benzene rings is 1. The van der Waals surface area contributed by atoms with Gasteiger partial charge in [0, 0.05) is 0 Å². The molecule has 8 heteroatoms. The molecule has 3 heterocycles. The van der Waals surface area contributed by atoms with Crippen molar-refractivity contribution in [1.29, 1.82) is 0 Å². The molecule has 0 radical (unpaired) electrons. The van der Waals surface area contributed by atoms with Gasteiger partial charge in [-0.1, -0.05) is 0 Å². The van der Waals surface area contributed by atoms with Gasteiger partial charge in [0.15, 0.2) is 0 Å². The SMILES string of the molecule is Cc1ccc(S(=O)(=O)n2cc(-c3cncnc3)c3cccnc32)[c]([Sn]([CH3])([CH3])[CH3])c1. The number of hydrogen-bond donors (Lipinski definition) is 0. The summed E-state index contributed by atoms with van der Waals surface area (Å²) in [5.41, 5.74) is 2.97. The van der Waals surface area contributed by atoms with Gasteiger partial charge in [-0.3, -0.25) is 0 Å². The second-order valence-corrected chi connectivity index (χ2v) is 24.3. The molecule has 0 aliphatic rings. The van der Waals surface area contributed by atoms with Crippen LogP contribution in [0.2, 0.25) is 14.8 Å². The Morgan fingerprint density at radius 2 is 1.76 bits per heavy atom. The summed E-state index contributed by atoms with van der Waals surface area (Å²) in [6.07, 6.45) is 8.04. The van der Waals surface area contributed by atoms with Crippen molar-refractivity contribution in [2.75, 3.05) is 0 Å². The maximum absolute atomic E-state index is 13.8. The van der Waals surface area contributed by atoms with E-state index < -0.39 is 28.4 Å². The van der Waals surface area contributed by atoms with Crippen LogP contribution in [0.25, 0.3) is 22.2 Å². The Bertz CT molecular complexity index is 1310. The van der Waals surface area contributed by atoms with Gasteiger partial charge in [0.2, 0.25) is 0 Å². The van der Waals surface area contributed by atoms with Gasteiger partial charge in [-0.2, -0.15) is 0 Å². The van der Waals surface area contributed by atoms with Crippen molar-refractivity contribution in [3.63, 3.8) is 0 Å². The van der Waals surface area contributed by atoms with Gasteiger partial charge in [0.05, 0.1) is 0 Å². The quantitative estimate of drug-likeness (QED) is 0.390. The van der Waals surface area contributed by atoms with E-state index in [1.165, 1.54) is 10.3 Å². The summed E-state index contributed by atoms with van der Waals surface area (Å²) < 4.78 is 29.9. The van der Waals surface area contributed by atoms with Gasteiger partial charge in [-0.05, 0) is 0 Å². The van der Waals surface area contributed by atoms with Crippen molar-refractivity contribution >= 4 is 43.0 Å². The summed E-state index contributed by atoms with van der Waals surface area (Å²) in [7, 11) is -3.82. The van der Waals surface area contributed by atoms with Crippen LogP contribution in [0, 0.1) is 6.92 Å². The molecule has 0 saturated heterocycles. The zero-order chi connectivity index (χ0) is 20.8. The third kappa shape index (κ3) is 3.57. The molecule has 6 nitrogen and oxygen atoms in total. The summed E-state index contributed by atoms with van der Waals surface area (Å²) in [6.45, 7) is 2.00. The minimum absolute atomic E-state index is 0.379. The summed E-state index contributed by atoms with van der Waals surface area (Å²) in [4.78, 5) is 19.6.